The molecule has 0 fully saturated rings. The molecule has 5 heteroatoms. The van der Waals surface area contributed by atoms with E-state index in [2.05, 4.69) is 10.1 Å². The van der Waals surface area contributed by atoms with Crippen LogP contribution in [0.25, 0.3) is 0 Å². The highest BCUT2D eigenvalue weighted by atomic mass is 19.1. The fraction of sp³-hybridized carbons (Fsp3) is 0.222. The third kappa shape index (κ3) is 5.21. The smallest absolute Gasteiger partial charge is 0.337 e. The first-order valence-electron chi connectivity index (χ1n) is 7.31. The molecule has 0 aliphatic heterocycles. The number of esters is 1. The number of aryl methyl sites for hydroxylation is 1. The van der Waals surface area contributed by atoms with Crippen LogP contribution in [0.5, 0.6) is 0 Å². The van der Waals surface area contributed by atoms with Crippen LogP contribution in [-0.4, -0.2) is 19.0 Å². The minimum absolute atomic E-state index is 0.130. The molecule has 23 heavy (non-hydrogen) atoms. The summed E-state index contributed by atoms with van der Waals surface area (Å²) in [6.45, 7) is 0. The highest BCUT2D eigenvalue weighted by Gasteiger charge is 2.08. The highest BCUT2D eigenvalue weighted by Crippen LogP contribution is 2.13. The topological polar surface area (TPSA) is 55.4 Å². The van der Waals surface area contributed by atoms with Crippen molar-refractivity contribution in [2.75, 3.05) is 12.4 Å². The molecule has 0 unspecified atom stereocenters. The van der Waals surface area contributed by atoms with Crippen molar-refractivity contribution in [3.05, 3.63) is 65.5 Å². The number of nitrogens with one attached hydrogen (secondary N) is 1. The first-order chi connectivity index (χ1) is 11.1. The Morgan fingerprint density at radius 1 is 1.13 bits per heavy atom. The molecule has 0 saturated carbocycles. The van der Waals surface area contributed by atoms with Gasteiger partial charge >= 0.3 is 5.97 Å². The van der Waals surface area contributed by atoms with Crippen LogP contribution >= 0.6 is 0 Å². The quantitative estimate of drug-likeness (QED) is 0.829. The predicted octanol–water partition coefficient (Wildman–Crippen LogP) is 3.57. The van der Waals surface area contributed by atoms with Gasteiger partial charge in [0.2, 0.25) is 5.91 Å². The first-order valence-corrected chi connectivity index (χ1v) is 7.31. The van der Waals surface area contributed by atoms with Crippen molar-refractivity contribution in [2.45, 2.75) is 19.3 Å². The minimum Gasteiger partial charge on any atom is -0.465 e. The van der Waals surface area contributed by atoms with Gasteiger partial charge in [0.1, 0.15) is 5.82 Å². The summed E-state index contributed by atoms with van der Waals surface area (Å²) >= 11 is 0. The molecule has 1 N–H and O–H groups in total. The predicted molar refractivity (Wildman–Crippen MR) is 85.7 cm³/mol. The number of rotatable bonds is 6. The van der Waals surface area contributed by atoms with E-state index in [9.17, 15) is 14.0 Å². The molecule has 2 rings (SSSR count). The second-order valence-electron chi connectivity index (χ2n) is 5.10. The van der Waals surface area contributed by atoms with Gasteiger partial charge in [0, 0.05) is 12.1 Å². The van der Waals surface area contributed by atoms with Crippen LogP contribution in [-0.2, 0) is 16.0 Å². The zero-order valence-corrected chi connectivity index (χ0v) is 12.8. The summed E-state index contributed by atoms with van der Waals surface area (Å²) in [6, 6.07) is 12.8. The third-order valence-corrected chi connectivity index (χ3v) is 3.35. The molecule has 2 aromatic rings. The van der Waals surface area contributed by atoms with Gasteiger partial charge in [-0.25, -0.2) is 9.18 Å². The molecule has 0 aliphatic rings. The second-order valence-corrected chi connectivity index (χ2v) is 5.10. The molecule has 0 aromatic heterocycles. The molecular weight excluding hydrogens is 297 g/mol. The SMILES string of the molecule is COC(=O)c1cccc(NC(=O)CCCc2ccc(F)cc2)c1. The molecule has 0 radical (unpaired) electrons. The van der Waals surface area contributed by atoms with Gasteiger partial charge in [0.25, 0.3) is 0 Å². The third-order valence-electron chi connectivity index (χ3n) is 3.35. The number of benzene rings is 2. The van der Waals surface area contributed by atoms with Gasteiger partial charge in [-0.15, -0.1) is 0 Å². The second kappa shape index (κ2) is 8.08. The van der Waals surface area contributed by atoms with Crippen molar-refractivity contribution < 1.29 is 18.7 Å². The Bertz CT molecular complexity index is 683. The van der Waals surface area contributed by atoms with Crippen LogP contribution in [0.1, 0.15) is 28.8 Å². The molecule has 2 aromatic carbocycles. The van der Waals surface area contributed by atoms with Gasteiger partial charge in [0.05, 0.1) is 12.7 Å². The highest BCUT2D eigenvalue weighted by molar-refractivity contribution is 5.94. The maximum atomic E-state index is 12.8. The van der Waals surface area contributed by atoms with Gasteiger partial charge < -0.3 is 10.1 Å². The van der Waals surface area contributed by atoms with E-state index in [-0.39, 0.29) is 11.7 Å². The summed E-state index contributed by atoms with van der Waals surface area (Å²) in [5.41, 5.74) is 1.93. The van der Waals surface area contributed by atoms with E-state index in [1.807, 2.05) is 0 Å². The number of halogens is 1. The molecule has 4 nitrogen and oxygen atoms in total. The maximum Gasteiger partial charge on any atom is 0.337 e. The number of anilines is 1. The zero-order valence-electron chi connectivity index (χ0n) is 12.8. The fourth-order valence-corrected chi connectivity index (χ4v) is 2.17. The van der Waals surface area contributed by atoms with Crippen LogP contribution in [0.15, 0.2) is 48.5 Å². The summed E-state index contributed by atoms with van der Waals surface area (Å²) in [6.07, 6.45) is 1.71. The fourth-order valence-electron chi connectivity index (χ4n) is 2.17. The lowest BCUT2D eigenvalue weighted by Gasteiger charge is -2.07. The number of amides is 1. The number of methoxy groups -OCH3 is 1. The Balaban J connectivity index is 1.82. The van der Waals surface area contributed by atoms with Gasteiger partial charge in [-0.2, -0.15) is 0 Å². The zero-order chi connectivity index (χ0) is 16.7. The van der Waals surface area contributed by atoms with E-state index >= 15 is 0 Å². The molecule has 120 valence electrons. The number of carbonyl (C=O) groups excluding carboxylic acids is 2. The summed E-state index contributed by atoms with van der Waals surface area (Å²) in [5.74, 6) is -0.844. The van der Waals surface area contributed by atoms with E-state index < -0.39 is 5.97 Å². The monoisotopic (exact) mass is 315 g/mol. The normalized spacial score (nSPS) is 10.2. The lowest BCUT2D eigenvalue weighted by molar-refractivity contribution is -0.116. The van der Waals surface area contributed by atoms with Crippen molar-refractivity contribution in [2.24, 2.45) is 0 Å². The number of ether oxygens (including phenoxy) is 1. The molecule has 1 amide bonds. The summed E-state index contributed by atoms with van der Waals surface area (Å²) in [5, 5.41) is 2.75. The summed E-state index contributed by atoms with van der Waals surface area (Å²) < 4.78 is 17.4. The van der Waals surface area contributed by atoms with Crippen LogP contribution in [0.2, 0.25) is 0 Å². The Hall–Kier alpha value is -2.69. The Kier molecular flexibility index (Phi) is 5.86. The lowest BCUT2D eigenvalue weighted by Crippen LogP contribution is -2.12. The Labute approximate surface area is 134 Å². The van der Waals surface area contributed by atoms with Gasteiger partial charge in [-0.3, -0.25) is 4.79 Å². The molecule has 0 spiro atoms. The van der Waals surface area contributed by atoms with Crippen molar-refractivity contribution in [3.8, 4) is 0 Å². The number of hydrogen-bond donors (Lipinski definition) is 1. The molecule has 0 atom stereocenters. The van der Waals surface area contributed by atoms with Crippen LogP contribution in [0.3, 0.4) is 0 Å². The molecule has 0 saturated heterocycles. The van der Waals surface area contributed by atoms with E-state index in [1.54, 1.807) is 36.4 Å². The number of hydrogen-bond acceptors (Lipinski definition) is 3. The van der Waals surface area contributed by atoms with Crippen LogP contribution in [0.4, 0.5) is 10.1 Å². The maximum absolute atomic E-state index is 12.8. The molecule has 0 aliphatic carbocycles. The van der Waals surface area contributed by atoms with Crippen LogP contribution < -0.4 is 5.32 Å². The Morgan fingerprint density at radius 2 is 1.87 bits per heavy atom. The largest absolute Gasteiger partial charge is 0.465 e. The molecule has 0 heterocycles. The van der Waals surface area contributed by atoms with E-state index in [4.69, 9.17) is 0 Å². The van der Waals surface area contributed by atoms with Crippen LogP contribution in [0, 0.1) is 5.82 Å². The van der Waals surface area contributed by atoms with Gasteiger partial charge in [0.15, 0.2) is 0 Å². The Morgan fingerprint density at radius 3 is 2.57 bits per heavy atom. The number of carbonyl (C=O) groups is 2. The molecular formula is C18H18FNO3. The van der Waals surface area contributed by atoms with Gasteiger partial charge in [-0.05, 0) is 48.7 Å². The lowest BCUT2D eigenvalue weighted by atomic mass is 10.1. The van der Waals surface area contributed by atoms with E-state index in [0.717, 1.165) is 5.56 Å². The molecule has 0 bridgehead atoms. The average molecular weight is 315 g/mol. The minimum atomic E-state index is -0.447. The van der Waals surface area contributed by atoms with Crippen molar-refractivity contribution in [1.29, 1.82) is 0 Å². The standard InChI is InChI=1S/C18H18FNO3/c1-23-18(22)14-5-3-6-16(12-14)20-17(21)7-2-4-13-8-10-15(19)11-9-13/h3,5-6,8-12H,2,4,7H2,1H3,(H,20,21). The first kappa shape index (κ1) is 16.7. The van der Waals surface area contributed by atoms with E-state index in [1.165, 1.54) is 19.2 Å². The van der Waals surface area contributed by atoms with E-state index in [0.29, 0.717) is 30.5 Å². The van der Waals surface area contributed by atoms with Crippen molar-refractivity contribution >= 4 is 17.6 Å². The van der Waals surface area contributed by atoms with Crippen molar-refractivity contribution in [3.63, 3.8) is 0 Å². The summed E-state index contributed by atoms with van der Waals surface area (Å²) in [4.78, 5) is 23.4. The van der Waals surface area contributed by atoms with Gasteiger partial charge in [-0.1, -0.05) is 18.2 Å². The average Bonchev–Trinajstić information content (AvgIpc) is 2.56. The van der Waals surface area contributed by atoms with Crippen molar-refractivity contribution in [1.82, 2.24) is 0 Å². The summed E-state index contributed by atoms with van der Waals surface area (Å²) in [7, 11) is 1.31.